The lowest BCUT2D eigenvalue weighted by Crippen LogP contribution is -2.25. The molecule has 146 valence electrons. The Morgan fingerprint density at radius 1 is 1.14 bits per heavy atom. The molecule has 0 saturated heterocycles. The van der Waals surface area contributed by atoms with Crippen LogP contribution in [-0.4, -0.2) is 29.1 Å². The highest BCUT2D eigenvalue weighted by molar-refractivity contribution is 8.01. The Morgan fingerprint density at radius 2 is 1.93 bits per heavy atom. The van der Waals surface area contributed by atoms with Gasteiger partial charge in [-0.3, -0.25) is 9.59 Å². The first-order valence-electron chi connectivity index (χ1n) is 9.23. The molecule has 0 atom stereocenters. The maximum atomic E-state index is 12.4. The van der Waals surface area contributed by atoms with Crippen molar-refractivity contribution in [3.8, 4) is 0 Å². The van der Waals surface area contributed by atoms with Crippen molar-refractivity contribution in [2.45, 2.75) is 31.0 Å². The van der Waals surface area contributed by atoms with Gasteiger partial charge in [-0.2, -0.15) is 0 Å². The fraction of sp³-hybridized carbons (Fsp3) is 0.286. The third-order valence-corrected chi connectivity index (χ3v) is 6.28. The number of nitrogens with one attached hydrogen (secondary N) is 2. The van der Waals surface area contributed by atoms with Crippen LogP contribution in [0.5, 0.6) is 0 Å². The number of fused-ring (bicyclic) bond motifs is 1. The van der Waals surface area contributed by atoms with Crippen LogP contribution in [0.4, 0.5) is 5.69 Å². The van der Waals surface area contributed by atoms with E-state index in [0.29, 0.717) is 11.3 Å². The van der Waals surface area contributed by atoms with Crippen LogP contribution in [-0.2, 0) is 4.79 Å². The Labute approximate surface area is 172 Å². The summed E-state index contributed by atoms with van der Waals surface area (Å²) in [5, 5.41) is 5.83. The van der Waals surface area contributed by atoms with Crippen molar-refractivity contribution in [1.29, 1.82) is 0 Å². The lowest BCUT2D eigenvalue weighted by molar-refractivity contribution is -0.118. The fourth-order valence-electron chi connectivity index (χ4n) is 2.53. The minimum atomic E-state index is -0.137. The van der Waals surface area contributed by atoms with Crippen LogP contribution in [0.3, 0.4) is 0 Å². The Hall–Kier alpha value is -2.38. The predicted molar refractivity (Wildman–Crippen MR) is 117 cm³/mol. The first-order valence-corrected chi connectivity index (χ1v) is 11.0. The molecular weight excluding hydrogens is 390 g/mol. The van der Waals surface area contributed by atoms with E-state index in [0.717, 1.165) is 45.2 Å². The van der Waals surface area contributed by atoms with E-state index in [9.17, 15) is 9.59 Å². The van der Waals surface area contributed by atoms with E-state index < -0.39 is 0 Å². The number of rotatable bonds is 8. The minimum Gasteiger partial charge on any atom is -0.355 e. The molecule has 3 aromatic rings. The molecule has 0 spiro atoms. The summed E-state index contributed by atoms with van der Waals surface area (Å²) >= 11 is 2.97. The molecule has 1 aromatic heterocycles. The number of thioether (sulfide) groups is 1. The van der Waals surface area contributed by atoms with Crippen molar-refractivity contribution in [2.24, 2.45) is 0 Å². The summed E-state index contributed by atoms with van der Waals surface area (Å²) in [5.41, 5.74) is 3.34. The molecular formula is C21H23N3O2S2. The number of benzene rings is 2. The van der Waals surface area contributed by atoms with Crippen molar-refractivity contribution >= 4 is 50.8 Å². The molecule has 0 saturated carbocycles. The summed E-state index contributed by atoms with van der Waals surface area (Å²) in [6.07, 6.45) is 2.06. The van der Waals surface area contributed by atoms with Crippen molar-refractivity contribution in [3.63, 3.8) is 0 Å². The molecule has 0 aliphatic rings. The van der Waals surface area contributed by atoms with Gasteiger partial charge in [0.05, 0.1) is 16.0 Å². The molecule has 7 heteroatoms. The predicted octanol–water partition coefficient (Wildman–Crippen LogP) is 4.87. The molecule has 0 bridgehead atoms. The third-order valence-electron chi connectivity index (χ3n) is 4.12. The molecule has 2 N–H and O–H groups in total. The number of hydrogen-bond donors (Lipinski definition) is 2. The number of unbranched alkanes of at least 4 members (excludes halogenated alkanes) is 1. The Morgan fingerprint density at radius 3 is 2.68 bits per heavy atom. The number of hydrogen-bond acceptors (Lipinski definition) is 5. The second-order valence-electron chi connectivity index (χ2n) is 6.47. The number of aryl methyl sites for hydroxylation is 1. The topological polar surface area (TPSA) is 71.1 Å². The van der Waals surface area contributed by atoms with Gasteiger partial charge in [-0.15, -0.1) is 11.3 Å². The highest BCUT2D eigenvalue weighted by Gasteiger charge is 2.10. The molecule has 2 amide bonds. The van der Waals surface area contributed by atoms with Crippen LogP contribution in [0.15, 0.2) is 46.8 Å². The van der Waals surface area contributed by atoms with Gasteiger partial charge >= 0.3 is 0 Å². The SMILES string of the molecule is CCCCNC(=O)CSc1nc2ccc(NC(=O)c3ccc(C)cc3)cc2s1. The zero-order valence-corrected chi connectivity index (χ0v) is 17.6. The van der Waals surface area contributed by atoms with Crippen LogP contribution in [0, 0.1) is 6.92 Å². The van der Waals surface area contributed by atoms with Crippen molar-refractivity contribution in [1.82, 2.24) is 10.3 Å². The van der Waals surface area contributed by atoms with Gasteiger partial charge in [0.1, 0.15) is 0 Å². The van der Waals surface area contributed by atoms with Crippen molar-refractivity contribution in [2.75, 3.05) is 17.6 Å². The first-order chi connectivity index (χ1) is 13.5. The van der Waals surface area contributed by atoms with Gasteiger partial charge in [0.15, 0.2) is 4.34 Å². The van der Waals surface area contributed by atoms with E-state index in [1.807, 2.05) is 49.4 Å². The summed E-state index contributed by atoms with van der Waals surface area (Å²) in [7, 11) is 0. The largest absolute Gasteiger partial charge is 0.355 e. The molecule has 2 aromatic carbocycles. The summed E-state index contributed by atoms with van der Waals surface area (Å²) < 4.78 is 1.83. The summed E-state index contributed by atoms with van der Waals surface area (Å²) in [5.74, 6) is 0.256. The van der Waals surface area contributed by atoms with Crippen LogP contribution >= 0.6 is 23.1 Å². The van der Waals surface area contributed by atoms with Gasteiger partial charge < -0.3 is 10.6 Å². The average Bonchev–Trinajstić information content (AvgIpc) is 3.09. The standard InChI is InChI=1S/C21H23N3O2S2/c1-3-4-11-22-19(25)13-27-21-24-17-10-9-16(12-18(17)28-21)23-20(26)15-7-5-14(2)6-8-15/h5-10,12H,3-4,11,13H2,1-2H3,(H,22,25)(H,23,26). The average molecular weight is 414 g/mol. The molecule has 5 nitrogen and oxygen atoms in total. The van der Waals surface area contributed by atoms with Gasteiger partial charge in [0.25, 0.3) is 5.91 Å². The first kappa shape index (κ1) is 20.4. The summed E-state index contributed by atoms with van der Waals surface area (Å²) in [6, 6.07) is 13.1. The summed E-state index contributed by atoms with van der Waals surface area (Å²) in [4.78, 5) is 28.8. The molecule has 1 heterocycles. The number of carbonyl (C=O) groups is 2. The molecule has 28 heavy (non-hydrogen) atoms. The minimum absolute atomic E-state index is 0.0313. The molecule has 0 aliphatic heterocycles. The van der Waals surface area contributed by atoms with Gasteiger partial charge in [0, 0.05) is 17.8 Å². The number of aromatic nitrogens is 1. The maximum Gasteiger partial charge on any atom is 0.255 e. The highest BCUT2D eigenvalue weighted by Crippen LogP contribution is 2.31. The van der Waals surface area contributed by atoms with Gasteiger partial charge in [0.2, 0.25) is 5.91 Å². The van der Waals surface area contributed by atoms with E-state index in [4.69, 9.17) is 0 Å². The molecule has 0 aliphatic carbocycles. The molecule has 3 rings (SSSR count). The van der Waals surface area contributed by atoms with E-state index in [2.05, 4.69) is 22.5 Å². The quantitative estimate of drug-likeness (QED) is 0.408. The van der Waals surface area contributed by atoms with E-state index in [1.54, 1.807) is 0 Å². The van der Waals surface area contributed by atoms with Crippen LogP contribution in [0.25, 0.3) is 10.2 Å². The van der Waals surface area contributed by atoms with E-state index >= 15 is 0 Å². The van der Waals surface area contributed by atoms with Crippen LogP contribution < -0.4 is 10.6 Å². The van der Waals surface area contributed by atoms with Crippen LogP contribution in [0.1, 0.15) is 35.7 Å². The summed E-state index contributed by atoms with van der Waals surface area (Å²) in [6.45, 7) is 4.81. The second kappa shape index (κ2) is 9.71. The number of anilines is 1. The number of nitrogens with zero attached hydrogens (tertiary/aromatic N) is 1. The Bertz CT molecular complexity index is 967. The second-order valence-corrected chi connectivity index (χ2v) is 8.73. The number of amides is 2. The lowest BCUT2D eigenvalue weighted by Gasteiger charge is -2.05. The zero-order chi connectivity index (χ0) is 19.9. The van der Waals surface area contributed by atoms with Crippen molar-refractivity contribution in [3.05, 3.63) is 53.6 Å². The van der Waals surface area contributed by atoms with Crippen molar-refractivity contribution < 1.29 is 9.59 Å². The molecule has 0 unspecified atom stereocenters. The third kappa shape index (κ3) is 5.56. The monoisotopic (exact) mass is 413 g/mol. The Kier molecular flexibility index (Phi) is 7.06. The maximum absolute atomic E-state index is 12.4. The zero-order valence-electron chi connectivity index (χ0n) is 16.0. The smallest absolute Gasteiger partial charge is 0.255 e. The highest BCUT2D eigenvalue weighted by atomic mass is 32.2. The van der Waals surface area contributed by atoms with Gasteiger partial charge in [-0.1, -0.05) is 42.8 Å². The molecule has 0 fully saturated rings. The normalized spacial score (nSPS) is 10.8. The van der Waals surface area contributed by atoms with Crippen LogP contribution in [0.2, 0.25) is 0 Å². The number of carbonyl (C=O) groups excluding carboxylic acids is 2. The van der Waals surface area contributed by atoms with E-state index in [-0.39, 0.29) is 11.8 Å². The lowest BCUT2D eigenvalue weighted by atomic mass is 10.1. The van der Waals surface area contributed by atoms with Gasteiger partial charge in [-0.25, -0.2) is 4.98 Å². The number of thiazole rings is 1. The fourth-order valence-corrected chi connectivity index (χ4v) is 4.47. The van der Waals surface area contributed by atoms with Gasteiger partial charge in [-0.05, 0) is 43.7 Å². The van der Waals surface area contributed by atoms with E-state index in [1.165, 1.54) is 23.1 Å². The molecule has 0 radical (unpaired) electrons. The Balaban J connectivity index is 1.61.